The van der Waals surface area contributed by atoms with E-state index in [0.29, 0.717) is 25.4 Å². The van der Waals surface area contributed by atoms with Gasteiger partial charge in [-0.15, -0.1) is 0 Å². The van der Waals surface area contributed by atoms with Crippen molar-refractivity contribution >= 4 is 31.4 Å². The molecule has 2 saturated heterocycles. The minimum Gasteiger partial charge on any atom is -0.389 e. The molecular formula is C19H27F2N3O4Si. The Labute approximate surface area is 169 Å². The predicted molar refractivity (Wildman–Crippen MR) is 108 cm³/mol. The normalized spacial score (nSPS) is 18.5. The molecule has 2 heterocycles. The van der Waals surface area contributed by atoms with Crippen molar-refractivity contribution in [3.8, 4) is 0 Å². The number of hydrogen-bond donors (Lipinski definition) is 1. The zero-order valence-electron chi connectivity index (χ0n) is 17.0. The third-order valence-corrected chi connectivity index (χ3v) is 6.73. The average molecular weight is 428 g/mol. The van der Waals surface area contributed by atoms with E-state index in [0.717, 1.165) is 28.0 Å². The molecule has 0 bridgehead atoms. The lowest BCUT2D eigenvalue weighted by Crippen LogP contribution is -2.54. The van der Waals surface area contributed by atoms with Crippen LogP contribution in [0.5, 0.6) is 0 Å². The Morgan fingerprint density at radius 1 is 1.17 bits per heavy atom. The molecule has 0 unspecified atom stereocenters. The third kappa shape index (κ3) is 4.93. The van der Waals surface area contributed by atoms with Crippen molar-refractivity contribution in [2.45, 2.75) is 38.2 Å². The molecule has 1 aromatic carbocycles. The highest BCUT2D eigenvalue weighted by Gasteiger charge is 2.36. The SMILES string of the molecule is C[Si](C)(C)CCOCN1C(=O)CCN(c2c(F)cc(N3CC(O)C3)cc2F)C1=O. The van der Waals surface area contributed by atoms with E-state index >= 15 is 0 Å². The topological polar surface area (TPSA) is 73.3 Å². The first-order chi connectivity index (χ1) is 13.6. The minimum atomic E-state index is -1.32. The molecule has 10 heteroatoms. The van der Waals surface area contributed by atoms with Gasteiger partial charge in [-0.3, -0.25) is 9.69 Å². The smallest absolute Gasteiger partial charge is 0.333 e. The number of nitrogens with zero attached hydrogens (tertiary/aromatic N) is 3. The summed E-state index contributed by atoms with van der Waals surface area (Å²) in [5.41, 5.74) is -0.166. The van der Waals surface area contributed by atoms with E-state index in [4.69, 9.17) is 4.74 Å². The summed E-state index contributed by atoms with van der Waals surface area (Å²) in [6, 6.07) is 2.37. The van der Waals surface area contributed by atoms with Crippen LogP contribution in [-0.2, 0) is 9.53 Å². The predicted octanol–water partition coefficient (Wildman–Crippen LogP) is 2.62. The van der Waals surface area contributed by atoms with E-state index in [2.05, 4.69) is 19.6 Å². The Balaban J connectivity index is 1.71. The number of amides is 3. The van der Waals surface area contributed by atoms with Crippen molar-refractivity contribution in [3.05, 3.63) is 23.8 Å². The summed E-state index contributed by atoms with van der Waals surface area (Å²) in [5.74, 6) is -2.20. The molecule has 29 heavy (non-hydrogen) atoms. The highest BCUT2D eigenvalue weighted by atomic mass is 28.3. The molecule has 2 aliphatic rings. The van der Waals surface area contributed by atoms with E-state index in [-0.39, 0.29) is 19.7 Å². The molecule has 0 radical (unpaired) electrons. The van der Waals surface area contributed by atoms with Crippen LogP contribution in [0.4, 0.5) is 25.0 Å². The number of carbonyl (C=O) groups is 2. The number of anilines is 2. The summed E-state index contributed by atoms with van der Waals surface area (Å²) >= 11 is 0. The maximum Gasteiger partial charge on any atom is 0.333 e. The summed E-state index contributed by atoms with van der Waals surface area (Å²) in [6.45, 7) is 7.26. The number of β-amino-alcohol motifs (C(OH)–C–C–N with tert-alkyl or cyclic N) is 1. The lowest BCUT2D eigenvalue weighted by atomic mass is 10.1. The summed E-state index contributed by atoms with van der Waals surface area (Å²) in [7, 11) is -1.32. The molecular weight excluding hydrogens is 400 g/mol. The number of aliphatic hydroxyl groups is 1. The third-order valence-electron chi connectivity index (χ3n) is 5.03. The van der Waals surface area contributed by atoms with Crippen molar-refractivity contribution in [2.75, 3.05) is 42.8 Å². The number of ether oxygens (including phenoxy) is 1. The zero-order valence-corrected chi connectivity index (χ0v) is 18.0. The largest absolute Gasteiger partial charge is 0.389 e. The van der Waals surface area contributed by atoms with Crippen molar-refractivity contribution in [2.24, 2.45) is 0 Å². The number of aliphatic hydroxyl groups excluding tert-OH is 1. The molecule has 0 atom stereocenters. The van der Waals surface area contributed by atoms with Crippen LogP contribution in [0.15, 0.2) is 12.1 Å². The Hall–Kier alpha value is -2.04. The number of halogens is 2. The first-order valence-electron chi connectivity index (χ1n) is 9.68. The van der Waals surface area contributed by atoms with E-state index < -0.39 is 43.4 Å². The van der Waals surface area contributed by atoms with Gasteiger partial charge in [0, 0.05) is 46.4 Å². The quantitative estimate of drug-likeness (QED) is 0.535. The molecule has 3 amide bonds. The van der Waals surface area contributed by atoms with Crippen LogP contribution >= 0.6 is 0 Å². The Morgan fingerprint density at radius 2 is 1.79 bits per heavy atom. The second kappa shape index (κ2) is 8.37. The van der Waals surface area contributed by atoms with E-state index in [1.165, 1.54) is 0 Å². The van der Waals surface area contributed by atoms with Crippen LogP contribution in [0.2, 0.25) is 25.7 Å². The van der Waals surface area contributed by atoms with Crippen LogP contribution < -0.4 is 9.80 Å². The van der Waals surface area contributed by atoms with Crippen LogP contribution in [0.1, 0.15) is 6.42 Å². The Kier molecular flexibility index (Phi) is 6.25. The van der Waals surface area contributed by atoms with Gasteiger partial charge in [0.1, 0.15) is 12.4 Å². The van der Waals surface area contributed by atoms with E-state index in [9.17, 15) is 23.5 Å². The number of carbonyl (C=O) groups excluding carboxylic acids is 2. The van der Waals surface area contributed by atoms with Crippen LogP contribution in [0.25, 0.3) is 0 Å². The summed E-state index contributed by atoms with van der Waals surface area (Å²) in [6.07, 6.45) is -0.549. The average Bonchev–Trinajstić information content (AvgIpc) is 2.58. The van der Waals surface area contributed by atoms with Gasteiger partial charge >= 0.3 is 6.03 Å². The van der Waals surface area contributed by atoms with Crippen molar-refractivity contribution in [3.63, 3.8) is 0 Å². The monoisotopic (exact) mass is 427 g/mol. The molecule has 0 aliphatic carbocycles. The molecule has 3 rings (SSSR count). The van der Waals surface area contributed by atoms with E-state index in [1.54, 1.807) is 4.90 Å². The molecule has 0 spiro atoms. The lowest BCUT2D eigenvalue weighted by molar-refractivity contribution is -0.133. The van der Waals surface area contributed by atoms with Gasteiger partial charge < -0.3 is 14.7 Å². The van der Waals surface area contributed by atoms with Gasteiger partial charge in [-0.2, -0.15) is 0 Å². The van der Waals surface area contributed by atoms with Gasteiger partial charge in [0.25, 0.3) is 0 Å². The molecule has 160 valence electrons. The minimum absolute atomic E-state index is 0.0396. The molecule has 2 aliphatic heterocycles. The van der Waals surface area contributed by atoms with Gasteiger partial charge in [-0.1, -0.05) is 19.6 Å². The first kappa shape index (κ1) is 21.7. The maximum atomic E-state index is 14.7. The number of rotatable bonds is 7. The van der Waals surface area contributed by atoms with Crippen LogP contribution in [0, 0.1) is 11.6 Å². The van der Waals surface area contributed by atoms with Crippen LogP contribution in [0.3, 0.4) is 0 Å². The molecule has 0 saturated carbocycles. The van der Waals surface area contributed by atoms with E-state index in [1.807, 2.05) is 0 Å². The van der Waals surface area contributed by atoms with Gasteiger partial charge in [0.05, 0.1) is 6.10 Å². The standard InChI is InChI=1S/C19H27F2N3O4Si/c1-29(2,3)7-6-28-12-24-17(26)4-5-23(19(24)27)18-15(20)8-13(9-16(18)21)22-10-14(25)11-22/h8-9,14,25H,4-7,10-12H2,1-3H3. The van der Waals surface area contributed by atoms with Crippen molar-refractivity contribution < 1.29 is 28.2 Å². The van der Waals surface area contributed by atoms with Gasteiger partial charge in [-0.25, -0.2) is 18.5 Å². The number of urea groups is 1. The Bertz CT molecular complexity index is 773. The summed E-state index contributed by atoms with van der Waals surface area (Å²) in [5, 5.41) is 9.37. The summed E-state index contributed by atoms with van der Waals surface area (Å²) in [4.78, 5) is 28.4. The Morgan fingerprint density at radius 3 is 2.34 bits per heavy atom. The second-order valence-electron chi connectivity index (χ2n) is 8.67. The summed E-state index contributed by atoms with van der Waals surface area (Å²) < 4.78 is 34.9. The lowest BCUT2D eigenvalue weighted by Gasteiger charge is -2.38. The fraction of sp³-hybridized carbons (Fsp3) is 0.579. The molecule has 7 nitrogen and oxygen atoms in total. The fourth-order valence-corrected chi connectivity index (χ4v) is 3.97. The number of imide groups is 1. The first-order valence-corrected chi connectivity index (χ1v) is 13.4. The molecule has 1 aromatic rings. The van der Waals surface area contributed by atoms with Crippen molar-refractivity contribution in [1.82, 2.24) is 4.90 Å². The van der Waals surface area contributed by atoms with Gasteiger partial charge in [0.2, 0.25) is 5.91 Å². The molecule has 0 aromatic heterocycles. The number of hydrogen-bond acceptors (Lipinski definition) is 5. The molecule has 1 N–H and O–H groups in total. The van der Waals surface area contributed by atoms with Gasteiger partial charge in [-0.05, 0) is 18.2 Å². The fourth-order valence-electron chi connectivity index (χ4n) is 3.22. The van der Waals surface area contributed by atoms with Crippen LogP contribution in [-0.4, -0.2) is 69.1 Å². The highest BCUT2D eigenvalue weighted by Crippen LogP contribution is 2.32. The maximum absolute atomic E-state index is 14.7. The zero-order chi connectivity index (χ0) is 21.3. The highest BCUT2D eigenvalue weighted by molar-refractivity contribution is 6.76. The molecule has 2 fully saturated rings. The second-order valence-corrected chi connectivity index (χ2v) is 14.3. The number of benzene rings is 1. The van der Waals surface area contributed by atoms with Crippen molar-refractivity contribution in [1.29, 1.82) is 0 Å². The van der Waals surface area contributed by atoms with Gasteiger partial charge in [0.15, 0.2) is 11.6 Å².